The number of rotatable bonds is 1. The first-order valence-corrected chi connectivity index (χ1v) is 9.14. The first kappa shape index (κ1) is 15.3. The van der Waals surface area contributed by atoms with Crippen LogP contribution in [-0.2, 0) is 6.42 Å². The van der Waals surface area contributed by atoms with E-state index in [1.165, 1.54) is 24.0 Å². The molecule has 124 valence electrons. The van der Waals surface area contributed by atoms with Crippen LogP contribution in [0.3, 0.4) is 0 Å². The normalized spacial score (nSPS) is 42.3. The van der Waals surface area contributed by atoms with Crippen molar-refractivity contribution in [2.24, 2.45) is 23.2 Å². The van der Waals surface area contributed by atoms with Crippen molar-refractivity contribution in [3.63, 3.8) is 0 Å². The zero-order chi connectivity index (χ0) is 16.2. The topological polar surface area (TPSA) is 40.5 Å². The van der Waals surface area contributed by atoms with Gasteiger partial charge >= 0.3 is 0 Å². The molecule has 1 aromatic rings. The summed E-state index contributed by atoms with van der Waals surface area (Å²) in [4.78, 5) is 0. The van der Waals surface area contributed by atoms with E-state index in [2.05, 4.69) is 32.1 Å². The highest BCUT2D eigenvalue weighted by molar-refractivity contribution is 5.41. The summed E-state index contributed by atoms with van der Waals surface area (Å²) in [5.41, 5.74) is 3.10. The molecule has 3 aliphatic rings. The van der Waals surface area contributed by atoms with Gasteiger partial charge in [-0.25, -0.2) is 0 Å². The van der Waals surface area contributed by atoms with Crippen LogP contribution in [0, 0.1) is 23.2 Å². The van der Waals surface area contributed by atoms with E-state index >= 15 is 0 Å². The van der Waals surface area contributed by atoms with Gasteiger partial charge in [-0.3, -0.25) is 0 Å². The molecule has 2 fully saturated rings. The van der Waals surface area contributed by atoms with E-state index < -0.39 is 0 Å². The average molecular weight is 312 g/mol. The first-order chi connectivity index (χ1) is 11.0. The number of aliphatic hydroxyl groups excluding tert-OH is 1. The van der Waals surface area contributed by atoms with Crippen LogP contribution in [-0.4, -0.2) is 16.3 Å². The number of hydrogen-bond acceptors (Lipinski definition) is 2. The maximum atomic E-state index is 10.3. The molecule has 0 heterocycles. The predicted octanol–water partition coefficient (Wildman–Crippen LogP) is 4.41. The van der Waals surface area contributed by atoms with E-state index in [4.69, 9.17) is 0 Å². The molecule has 4 rings (SSSR count). The number of benzene rings is 1. The van der Waals surface area contributed by atoms with Crippen molar-refractivity contribution in [3.05, 3.63) is 41.5 Å². The van der Waals surface area contributed by atoms with E-state index in [-0.39, 0.29) is 6.10 Å². The Hall–Kier alpha value is -1.28. The smallest absolute Gasteiger partial charge is 0.115 e. The van der Waals surface area contributed by atoms with Crippen molar-refractivity contribution in [1.82, 2.24) is 0 Å². The van der Waals surface area contributed by atoms with Crippen LogP contribution in [0.5, 0.6) is 5.75 Å². The van der Waals surface area contributed by atoms with Gasteiger partial charge in [0.1, 0.15) is 5.75 Å². The molecule has 2 N–H and O–H groups in total. The van der Waals surface area contributed by atoms with E-state index in [1.54, 1.807) is 0 Å². The van der Waals surface area contributed by atoms with Crippen molar-refractivity contribution in [3.8, 4) is 5.75 Å². The van der Waals surface area contributed by atoms with E-state index in [9.17, 15) is 10.2 Å². The van der Waals surface area contributed by atoms with Gasteiger partial charge in [-0.15, -0.1) is 0 Å². The molecule has 23 heavy (non-hydrogen) atoms. The Kier molecular flexibility index (Phi) is 3.57. The summed E-state index contributed by atoms with van der Waals surface area (Å²) in [6.45, 7) is 4.52. The number of phenols is 1. The molecule has 0 aliphatic heterocycles. The highest BCUT2D eigenvalue weighted by atomic mass is 16.3. The van der Waals surface area contributed by atoms with Gasteiger partial charge in [-0.2, -0.15) is 0 Å². The molecule has 0 amide bonds. The van der Waals surface area contributed by atoms with Gasteiger partial charge in [-0.05, 0) is 91.4 Å². The average Bonchev–Trinajstić information content (AvgIpc) is 2.81. The molecule has 0 spiro atoms. The minimum absolute atomic E-state index is 0.115. The van der Waals surface area contributed by atoms with Crippen molar-refractivity contribution < 1.29 is 10.2 Å². The maximum absolute atomic E-state index is 10.3. The van der Waals surface area contributed by atoms with E-state index in [0.29, 0.717) is 34.8 Å². The Labute approximate surface area is 139 Å². The third-order valence-corrected chi connectivity index (χ3v) is 6.99. The number of aromatic hydroxyl groups is 1. The molecule has 2 heteroatoms. The minimum atomic E-state index is -0.115. The van der Waals surface area contributed by atoms with Crippen molar-refractivity contribution in [2.45, 2.75) is 58.0 Å². The number of phenolic OH excluding ortho intramolecular Hbond substituents is 1. The highest BCUT2D eigenvalue weighted by Crippen LogP contribution is 2.62. The Morgan fingerprint density at radius 3 is 2.91 bits per heavy atom. The number of hydrogen-bond donors (Lipinski definition) is 2. The zero-order valence-corrected chi connectivity index (χ0v) is 14.2. The van der Waals surface area contributed by atoms with E-state index in [1.807, 2.05) is 12.1 Å². The third-order valence-electron chi connectivity index (χ3n) is 6.99. The molecular weight excluding hydrogens is 284 g/mol. The molecular formula is C21H28O2. The molecule has 2 nitrogen and oxygen atoms in total. The van der Waals surface area contributed by atoms with Crippen LogP contribution in [0.4, 0.5) is 0 Å². The quantitative estimate of drug-likeness (QED) is 0.754. The van der Waals surface area contributed by atoms with Crippen LogP contribution in [0.2, 0.25) is 0 Å². The summed E-state index contributed by atoms with van der Waals surface area (Å²) in [6, 6.07) is 5.98. The van der Waals surface area contributed by atoms with Crippen molar-refractivity contribution in [2.75, 3.05) is 0 Å². The number of fused-ring (bicyclic) bond motifs is 5. The SMILES string of the molecule is CC=C[C@H]1Cc2cc(O)ccc2[C@H]2CC[C@]3(C)C[C@@H](O)C[C@H]3[C@@H]21. The Balaban J connectivity index is 1.79. The molecule has 0 aromatic heterocycles. The maximum Gasteiger partial charge on any atom is 0.115 e. The van der Waals surface area contributed by atoms with Crippen molar-refractivity contribution in [1.29, 1.82) is 0 Å². The Bertz CT molecular complexity index is 635. The summed E-state index contributed by atoms with van der Waals surface area (Å²) in [5, 5.41) is 20.2. The molecule has 0 radical (unpaired) electrons. The lowest BCUT2D eigenvalue weighted by Crippen LogP contribution is -2.43. The van der Waals surface area contributed by atoms with Crippen LogP contribution in [0.1, 0.15) is 56.6 Å². The lowest BCUT2D eigenvalue weighted by atomic mass is 9.53. The Morgan fingerprint density at radius 2 is 2.13 bits per heavy atom. The van der Waals surface area contributed by atoms with Crippen LogP contribution in [0.25, 0.3) is 0 Å². The number of aliphatic hydroxyl groups is 1. The standard InChI is InChI=1S/C21H28O2/c1-3-4-13-9-14-10-15(22)5-6-17(14)18-7-8-21(2)12-16(23)11-19(21)20(13)18/h3-6,10,13,16,18-20,22-23H,7-9,11-12H2,1-2H3/t13-,16-,18+,19-,20+,21+/m0/s1. The Morgan fingerprint density at radius 1 is 1.30 bits per heavy atom. The third kappa shape index (κ3) is 2.34. The van der Waals surface area contributed by atoms with Gasteiger partial charge in [0.2, 0.25) is 0 Å². The predicted molar refractivity (Wildman–Crippen MR) is 92.4 cm³/mol. The zero-order valence-electron chi connectivity index (χ0n) is 14.2. The van der Waals surface area contributed by atoms with Gasteiger partial charge in [0.15, 0.2) is 0 Å². The molecule has 2 saturated carbocycles. The summed E-state index contributed by atoms with van der Waals surface area (Å²) in [5.74, 6) is 2.77. The molecule has 3 aliphatic carbocycles. The molecule has 6 atom stereocenters. The fourth-order valence-corrected chi connectivity index (χ4v) is 6.14. The molecule has 0 unspecified atom stereocenters. The molecule has 0 saturated heterocycles. The van der Waals surface area contributed by atoms with Crippen LogP contribution in [0.15, 0.2) is 30.4 Å². The molecule has 1 aromatic carbocycles. The summed E-state index contributed by atoms with van der Waals surface area (Å²) < 4.78 is 0. The van der Waals surface area contributed by atoms with Gasteiger partial charge < -0.3 is 10.2 Å². The largest absolute Gasteiger partial charge is 0.508 e. The van der Waals surface area contributed by atoms with Crippen LogP contribution < -0.4 is 0 Å². The van der Waals surface area contributed by atoms with Crippen LogP contribution >= 0.6 is 0 Å². The number of allylic oxidation sites excluding steroid dienone is 2. The summed E-state index contributed by atoms with van der Waals surface area (Å²) in [6.07, 6.45) is 9.86. The highest BCUT2D eigenvalue weighted by Gasteiger charge is 2.54. The second kappa shape index (κ2) is 5.37. The first-order valence-electron chi connectivity index (χ1n) is 9.14. The lowest BCUT2D eigenvalue weighted by Gasteiger charge is -2.51. The van der Waals surface area contributed by atoms with Gasteiger partial charge in [0.25, 0.3) is 0 Å². The van der Waals surface area contributed by atoms with Gasteiger partial charge in [0.05, 0.1) is 6.10 Å². The van der Waals surface area contributed by atoms with Crippen molar-refractivity contribution >= 4 is 0 Å². The minimum Gasteiger partial charge on any atom is -0.508 e. The second-order valence-corrected chi connectivity index (χ2v) is 8.35. The second-order valence-electron chi connectivity index (χ2n) is 8.35. The van der Waals surface area contributed by atoms with Gasteiger partial charge in [-0.1, -0.05) is 25.1 Å². The fraction of sp³-hybridized carbons (Fsp3) is 0.619. The van der Waals surface area contributed by atoms with E-state index in [0.717, 1.165) is 19.3 Å². The summed E-state index contributed by atoms with van der Waals surface area (Å²) >= 11 is 0. The van der Waals surface area contributed by atoms with Gasteiger partial charge in [0, 0.05) is 0 Å². The monoisotopic (exact) mass is 312 g/mol. The summed E-state index contributed by atoms with van der Waals surface area (Å²) in [7, 11) is 0. The molecule has 0 bridgehead atoms. The fourth-order valence-electron chi connectivity index (χ4n) is 6.14. The lowest BCUT2D eigenvalue weighted by molar-refractivity contribution is 0.0391.